The van der Waals surface area contributed by atoms with Crippen molar-refractivity contribution in [3.05, 3.63) is 71.9 Å². The molecule has 2 aliphatic heterocycles. The first-order valence-corrected chi connectivity index (χ1v) is 9.95. The van der Waals surface area contributed by atoms with Gasteiger partial charge in [0.2, 0.25) is 11.8 Å². The van der Waals surface area contributed by atoms with E-state index < -0.39 is 0 Å². The molecule has 2 saturated heterocycles. The number of carbonyl (C=O) groups is 2. The molecule has 4 nitrogen and oxygen atoms in total. The van der Waals surface area contributed by atoms with E-state index in [-0.39, 0.29) is 23.7 Å². The maximum absolute atomic E-state index is 12.3. The summed E-state index contributed by atoms with van der Waals surface area (Å²) in [6, 6.07) is 16.4. The zero-order valence-corrected chi connectivity index (χ0v) is 16.5. The monoisotopic (exact) mass is 374 g/mol. The van der Waals surface area contributed by atoms with Crippen molar-refractivity contribution in [3.8, 4) is 0 Å². The summed E-state index contributed by atoms with van der Waals surface area (Å²) in [5.74, 6) is 0.478. The van der Waals surface area contributed by atoms with Crippen molar-refractivity contribution in [1.29, 1.82) is 0 Å². The van der Waals surface area contributed by atoms with Gasteiger partial charge in [-0.25, -0.2) is 0 Å². The predicted molar refractivity (Wildman–Crippen MR) is 112 cm³/mol. The third kappa shape index (κ3) is 3.35. The summed E-state index contributed by atoms with van der Waals surface area (Å²) in [6.45, 7) is 8.77. The van der Waals surface area contributed by atoms with E-state index in [9.17, 15) is 9.59 Å². The molecule has 2 fully saturated rings. The van der Waals surface area contributed by atoms with Gasteiger partial charge in [-0.15, -0.1) is 0 Å². The normalized spacial score (nSPS) is 22.4. The Morgan fingerprint density at radius 2 is 1.43 bits per heavy atom. The van der Waals surface area contributed by atoms with Gasteiger partial charge in [-0.05, 0) is 54.7 Å². The highest BCUT2D eigenvalue weighted by atomic mass is 16.2. The Morgan fingerprint density at radius 3 is 1.89 bits per heavy atom. The van der Waals surface area contributed by atoms with Crippen LogP contribution in [0.2, 0.25) is 0 Å². The van der Waals surface area contributed by atoms with Crippen LogP contribution < -0.4 is 9.80 Å². The van der Waals surface area contributed by atoms with E-state index >= 15 is 0 Å². The molecular weight excluding hydrogens is 348 g/mol. The van der Waals surface area contributed by atoms with Gasteiger partial charge in [-0.1, -0.05) is 44.7 Å². The maximum Gasteiger partial charge on any atom is 0.234 e. The molecule has 0 spiro atoms. The molecule has 4 rings (SSSR count). The molecule has 0 bridgehead atoms. The van der Waals surface area contributed by atoms with E-state index in [1.54, 1.807) is 4.90 Å². The van der Waals surface area contributed by atoms with Crippen molar-refractivity contribution in [2.75, 3.05) is 16.3 Å². The van der Waals surface area contributed by atoms with Gasteiger partial charge in [0.1, 0.15) is 0 Å². The molecule has 2 aliphatic rings. The molecule has 2 aromatic carbocycles. The van der Waals surface area contributed by atoms with Gasteiger partial charge in [0.25, 0.3) is 0 Å². The first kappa shape index (κ1) is 18.5. The van der Waals surface area contributed by atoms with Crippen LogP contribution in [-0.4, -0.2) is 18.4 Å². The highest BCUT2D eigenvalue weighted by molar-refractivity contribution is 6.00. The van der Waals surface area contributed by atoms with Gasteiger partial charge in [0.15, 0.2) is 0 Å². The van der Waals surface area contributed by atoms with Crippen LogP contribution >= 0.6 is 0 Å². The van der Waals surface area contributed by atoms with Gasteiger partial charge >= 0.3 is 0 Å². The molecule has 2 atom stereocenters. The second-order valence-corrected chi connectivity index (χ2v) is 8.03. The third-order valence-electron chi connectivity index (χ3n) is 5.82. The molecule has 28 heavy (non-hydrogen) atoms. The maximum atomic E-state index is 12.3. The molecule has 144 valence electrons. The SMILES string of the molecule is C=C1CC(C)C(=O)N1c1ccc(Cc2ccc(N3CCC(C)C3=O)cc2)cc1. The van der Waals surface area contributed by atoms with Crippen molar-refractivity contribution in [1.82, 2.24) is 0 Å². The second kappa shape index (κ2) is 7.27. The number of rotatable bonds is 4. The second-order valence-electron chi connectivity index (χ2n) is 8.03. The van der Waals surface area contributed by atoms with E-state index in [1.165, 1.54) is 11.1 Å². The molecular formula is C24H26N2O2. The lowest BCUT2D eigenvalue weighted by molar-refractivity contribution is -0.120. The fourth-order valence-corrected chi connectivity index (χ4v) is 4.09. The lowest BCUT2D eigenvalue weighted by atomic mass is 10.0. The van der Waals surface area contributed by atoms with Gasteiger partial charge in [0.05, 0.1) is 0 Å². The Kier molecular flexibility index (Phi) is 4.80. The first-order chi connectivity index (χ1) is 13.4. The van der Waals surface area contributed by atoms with Crippen LogP contribution in [0, 0.1) is 11.8 Å². The highest BCUT2D eigenvalue weighted by Gasteiger charge is 2.32. The molecule has 2 aromatic rings. The lowest BCUT2D eigenvalue weighted by Gasteiger charge is -2.18. The highest BCUT2D eigenvalue weighted by Crippen LogP contribution is 2.32. The third-order valence-corrected chi connectivity index (χ3v) is 5.82. The Morgan fingerprint density at radius 1 is 0.857 bits per heavy atom. The van der Waals surface area contributed by atoms with Crippen molar-refractivity contribution < 1.29 is 9.59 Å². The summed E-state index contributed by atoms with van der Waals surface area (Å²) in [7, 11) is 0. The molecule has 4 heteroatoms. The summed E-state index contributed by atoms with van der Waals surface area (Å²) in [6.07, 6.45) is 2.47. The number of nitrogens with zero attached hydrogens (tertiary/aromatic N) is 2. The average Bonchev–Trinajstić information content (AvgIpc) is 3.15. The minimum Gasteiger partial charge on any atom is -0.312 e. The first-order valence-electron chi connectivity index (χ1n) is 9.95. The van der Waals surface area contributed by atoms with Crippen LogP contribution in [0.3, 0.4) is 0 Å². The smallest absolute Gasteiger partial charge is 0.234 e. The van der Waals surface area contributed by atoms with E-state index in [2.05, 4.69) is 30.8 Å². The Balaban J connectivity index is 1.44. The number of hydrogen-bond acceptors (Lipinski definition) is 2. The average molecular weight is 374 g/mol. The van der Waals surface area contributed by atoms with Crippen LogP contribution in [-0.2, 0) is 16.0 Å². The molecule has 0 N–H and O–H groups in total. The number of hydrogen-bond donors (Lipinski definition) is 0. The van der Waals surface area contributed by atoms with Gasteiger partial charge in [-0.2, -0.15) is 0 Å². The minimum atomic E-state index is 0.0103. The van der Waals surface area contributed by atoms with Gasteiger partial charge in [0, 0.05) is 35.5 Å². The Hall–Kier alpha value is -2.88. The number of amides is 2. The number of allylic oxidation sites excluding steroid dienone is 1. The molecule has 0 aromatic heterocycles. The fraction of sp³-hybridized carbons (Fsp3) is 0.333. The van der Waals surface area contributed by atoms with Crippen molar-refractivity contribution in [3.63, 3.8) is 0 Å². The van der Waals surface area contributed by atoms with E-state index in [0.717, 1.165) is 42.9 Å². The zero-order valence-electron chi connectivity index (χ0n) is 16.5. The largest absolute Gasteiger partial charge is 0.312 e. The molecule has 2 amide bonds. The Labute approximate surface area is 166 Å². The number of carbonyl (C=O) groups excluding carboxylic acids is 2. The van der Waals surface area contributed by atoms with Gasteiger partial charge in [-0.3, -0.25) is 14.5 Å². The summed E-state index contributed by atoms with van der Waals surface area (Å²) < 4.78 is 0. The van der Waals surface area contributed by atoms with Crippen molar-refractivity contribution >= 4 is 23.2 Å². The van der Waals surface area contributed by atoms with Crippen LogP contribution in [0.5, 0.6) is 0 Å². The summed E-state index contributed by atoms with van der Waals surface area (Å²) in [4.78, 5) is 28.1. The standard InChI is InChI=1S/C24H26N2O2/c1-16-12-13-25(23(16)27)21-8-4-19(5-9-21)15-20-6-10-22(11-7-20)26-18(3)14-17(2)24(26)28/h4-11,16-17H,3,12-15H2,1-2H3. The van der Waals surface area contributed by atoms with E-state index in [4.69, 9.17) is 0 Å². The molecule has 0 aliphatic carbocycles. The number of anilines is 2. The predicted octanol–water partition coefficient (Wildman–Crippen LogP) is 4.54. The molecule has 2 heterocycles. The van der Waals surface area contributed by atoms with Crippen LogP contribution in [0.1, 0.15) is 37.8 Å². The van der Waals surface area contributed by atoms with Gasteiger partial charge < -0.3 is 4.90 Å². The summed E-state index contributed by atoms with van der Waals surface area (Å²) in [5.41, 5.74) is 5.12. The molecule has 0 saturated carbocycles. The molecule has 2 unspecified atom stereocenters. The van der Waals surface area contributed by atoms with Crippen LogP contribution in [0.4, 0.5) is 11.4 Å². The van der Waals surface area contributed by atoms with E-state index in [1.807, 2.05) is 43.0 Å². The lowest BCUT2D eigenvalue weighted by Crippen LogP contribution is -2.26. The summed E-state index contributed by atoms with van der Waals surface area (Å²) in [5, 5.41) is 0. The zero-order chi connectivity index (χ0) is 19.8. The van der Waals surface area contributed by atoms with Crippen LogP contribution in [0.15, 0.2) is 60.8 Å². The van der Waals surface area contributed by atoms with Crippen molar-refractivity contribution in [2.45, 2.75) is 33.1 Å². The van der Waals surface area contributed by atoms with E-state index in [0.29, 0.717) is 0 Å². The topological polar surface area (TPSA) is 40.6 Å². The number of benzene rings is 2. The fourth-order valence-electron chi connectivity index (χ4n) is 4.09. The van der Waals surface area contributed by atoms with Crippen molar-refractivity contribution in [2.24, 2.45) is 11.8 Å². The van der Waals surface area contributed by atoms with Crippen LogP contribution in [0.25, 0.3) is 0 Å². The Bertz CT molecular complexity index is 915. The summed E-state index contributed by atoms with van der Waals surface area (Å²) >= 11 is 0. The molecule has 0 radical (unpaired) electrons. The quantitative estimate of drug-likeness (QED) is 0.788. The minimum absolute atomic E-state index is 0.0103.